The van der Waals surface area contributed by atoms with Crippen molar-refractivity contribution in [1.29, 1.82) is 0 Å². The highest BCUT2D eigenvalue weighted by molar-refractivity contribution is 7.88. The van der Waals surface area contributed by atoms with E-state index in [4.69, 9.17) is 4.74 Å². The molecule has 0 aliphatic carbocycles. The molecule has 0 heterocycles. The molecule has 0 aromatic heterocycles. The van der Waals surface area contributed by atoms with Gasteiger partial charge in [-0.1, -0.05) is 18.2 Å². The smallest absolute Gasteiger partial charge is 0.262 e. The maximum Gasteiger partial charge on any atom is 0.262 e. The molecule has 6 nitrogen and oxygen atoms in total. The Labute approximate surface area is 154 Å². The predicted molar refractivity (Wildman–Crippen MR) is 103 cm³/mol. The maximum atomic E-state index is 12.0. The zero-order valence-corrected chi connectivity index (χ0v) is 16.3. The Morgan fingerprint density at radius 3 is 2.31 bits per heavy atom. The molecular weight excluding hydrogens is 352 g/mol. The van der Waals surface area contributed by atoms with E-state index in [1.807, 2.05) is 32.0 Å². The van der Waals surface area contributed by atoms with Crippen LogP contribution < -0.4 is 10.1 Å². The van der Waals surface area contributed by atoms with Crippen LogP contribution in [-0.2, 0) is 21.4 Å². The van der Waals surface area contributed by atoms with E-state index >= 15 is 0 Å². The molecule has 2 aromatic carbocycles. The van der Waals surface area contributed by atoms with Crippen LogP contribution in [-0.4, -0.2) is 38.5 Å². The van der Waals surface area contributed by atoms with Crippen molar-refractivity contribution in [1.82, 2.24) is 4.31 Å². The van der Waals surface area contributed by atoms with Gasteiger partial charge >= 0.3 is 0 Å². The van der Waals surface area contributed by atoms with Crippen molar-refractivity contribution in [2.24, 2.45) is 0 Å². The quantitative estimate of drug-likeness (QED) is 0.806. The van der Waals surface area contributed by atoms with E-state index in [2.05, 4.69) is 5.32 Å². The predicted octanol–water partition coefficient (Wildman–Crippen LogP) is 2.71. The average molecular weight is 376 g/mol. The number of benzene rings is 2. The molecule has 7 heteroatoms. The van der Waals surface area contributed by atoms with E-state index in [1.165, 1.54) is 23.2 Å². The van der Waals surface area contributed by atoms with Crippen molar-refractivity contribution >= 4 is 21.6 Å². The molecule has 0 aliphatic rings. The second-order valence-corrected chi connectivity index (χ2v) is 8.39. The van der Waals surface area contributed by atoms with Gasteiger partial charge in [0.15, 0.2) is 6.61 Å². The number of nitrogens with zero attached hydrogens (tertiary/aromatic N) is 1. The molecule has 0 atom stereocenters. The summed E-state index contributed by atoms with van der Waals surface area (Å²) in [5.41, 5.74) is 3.85. The van der Waals surface area contributed by atoms with Gasteiger partial charge in [-0.2, -0.15) is 0 Å². The van der Waals surface area contributed by atoms with Crippen LogP contribution in [0.2, 0.25) is 0 Å². The molecule has 1 N–H and O–H groups in total. The average Bonchev–Trinajstić information content (AvgIpc) is 2.57. The number of amides is 1. The van der Waals surface area contributed by atoms with Gasteiger partial charge in [-0.05, 0) is 54.8 Å². The monoisotopic (exact) mass is 376 g/mol. The van der Waals surface area contributed by atoms with Crippen molar-refractivity contribution in [2.45, 2.75) is 20.4 Å². The highest BCUT2D eigenvalue weighted by atomic mass is 32.2. The summed E-state index contributed by atoms with van der Waals surface area (Å²) < 4.78 is 29.6. The molecule has 0 bridgehead atoms. The van der Waals surface area contributed by atoms with Gasteiger partial charge < -0.3 is 10.1 Å². The van der Waals surface area contributed by atoms with Gasteiger partial charge in [0.1, 0.15) is 5.75 Å². The maximum absolute atomic E-state index is 12.0. The fourth-order valence-corrected chi connectivity index (χ4v) is 2.61. The first-order valence-corrected chi connectivity index (χ1v) is 10.00. The molecule has 0 spiro atoms. The van der Waals surface area contributed by atoms with E-state index in [0.29, 0.717) is 5.75 Å². The molecule has 2 aromatic rings. The fourth-order valence-electron chi connectivity index (χ4n) is 2.23. The van der Waals surface area contributed by atoms with Crippen LogP contribution in [0.1, 0.15) is 16.7 Å². The van der Waals surface area contributed by atoms with E-state index in [9.17, 15) is 13.2 Å². The molecule has 140 valence electrons. The summed E-state index contributed by atoms with van der Waals surface area (Å²) >= 11 is 0. The third-order valence-corrected chi connectivity index (χ3v) is 5.32. The number of carbonyl (C=O) groups is 1. The van der Waals surface area contributed by atoms with Crippen molar-refractivity contribution in [3.8, 4) is 5.75 Å². The van der Waals surface area contributed by atoms with Crippen LogP contribution >= 0.6 is 0 Å². The Morgan fingerprint density at radius 1 is 1.08 bits per heavy atom. The summed E-state index contributed by atoms with van der Waals surface area (Å²) in [6, 6.07) is 12.7. The number of anilines is 1. The summed E-state index contributed by atoms with van der Waals surface area (Å²) in [4.78, 5) is 12.0. The molecule has 0 fully saturated rings. The van der Waals surface area contributed by atoms with Gasteiger partial charge in [0, 0.05) is 19.3 Å². The van der Waals surface area contributed by atoms with Gasteiger partial charge in [0.2, 0.25) is 10.0 Å². The molecule has 0 unspecified atom stereocenters. The molecule has 0 aliphatic heterocycles. The molecule has 0 saturated carbocycles. The Kier molecular flexibility index (Phi) is 6.39. The molecular formula is C19H24N2O4S. The number of sulfonamides is 1. The second kappa shape index (κ2) is 8.33. The van der Waals surface area contributed by atoms with Crippen LogP contribution in [0.25, 0.3) is 0 Å². The van der Waals surface area contributed by atoms with Gasteiger partial charge in [0.25, 0.3) is 5.91 Å². The van der Waals surface area contributed by atoms with Gasteiger partial charge in [-0.15, -0.1) is 0 Å². The minimum absolute atomic E-state index is 0.102. The number of ether oxygens (including phenoxy) is 1. The fraction of sp³-hybridized carbons (Fsp3) is 0.316. The Bertz CT molecular complexity index is 877. The van der Waals surface area contributed by atoms with Crippen molar-refractivity contribution in [3.05, 3.63) is 59.2 Å². The third kappa shape index (κ3) is 5.86. The summed E-state index contributed by atoms with van der Waals surface area (Å²) in [6.07, 6.45) is 1.17. The first-order valence-electron chi connectivity index (χ1n) is 8.15. The minimum Gasteiger partial charge on any atom is -0.484 e. The molecule has 2 rings (SSSR count). The number of rotatable bonds is 7. The van der Waals surface area contributed by atoms with Gasteiger partial charge in [-0.3, -0.25) is 4.79 Å². The first kappa shape index (κ1) is 19.9. The van der Waals surface area contributed by atoms with Crippen LogP contribution in [0, 0.1) is 13.8 Å². The SMILES string of the molecule is Cc1ccc(NC(=O)COc2ccc(CN(C)S(C)(=O)=O)cc2)cc1C. The number of hydrogen-bond acceptors (Lipinski definition) is 4. The Hall–Kier alpha value is -2.38. The van der Waals surface area contributed by atoms with Crippen LogP contribution in [0.3, 0.4) is 0 Å². The highest BCUT2D eigenvalue weighted by Crippen LogP contribution is 2.16. The minimum atomic E-state index is -3.22. The van der Waals surface area contributed by atoms with Gasteiger partial charge in [-0.25, -0.2) is 12.7 Å². The summed E-state index contributed by atoms with van der Waals surface area (Å²) in [5, 5.41) is 2.80. The van der Waals surface area contributed by atoms with Crippen LogP contribution in [0.15, 0.2) is 42.5 Å². The zero-order chi connectivity index (χ0) is 19.3. The van der Waals surface area contributed by atoms with Crippen LogP contribution in [0.5, 0.6) is 5.75 Å². The zero-order valence-electron chi connectivity index (χ0n) is 15.4. The van der Waals surface area contributed by atoms with Crippen molar-refractivity contribution in [2.75, 3.05) is 25.2 Å². The van der Waals surface area contributed by atoms with Crippen molar-refractivity contribution < 1.29 is 17.9 Å². The van der Waals surface area contributed by atoms with Crippen molar-refractivity contribution in [3.63, 3.8) is 0 Å². The number of hydrogen-bond donors (Lipinski definition) is 1. The Balaban J connectivity index is 1.87. The second-order valence-electron chi connectivity index (χ2n) is 6.30. The highest BCUT2D eigenvalue weighted by Gasteiger charge is 2.11. The lowest BCUT2D eigenvalue weighted by atomic mass is 10.1. The molecule has 0 radical (unpaired) electrons. The summed E-state index contributed by atoms with van der Waals surface area (Å²) in [6.45, 7) is 4.19. The molecule has 26 heavy (non-hydrogen) atoms. The number of carbonyl (C=O) groups excluding carboxylic acids is 1. The largest absolute Gasteiger partial charge is 0.484 e. The van der Waals surface area contributed by atoms with Crippen LogP contribution in [0.4, 0.5) is 5.69 Å². The Morgan fingerprint density at radius 2 is 1.73 bits per heavy atom. The normalized spacial score (nSPS) is 11.4. The third-order valence-electron chi connectivity index (χ3n) is 4.06. The lowest BCUT2D eigenvalue weighted by molar-refractivity contribution is -0.118. The molecule has 0 saturated heterocycles. The summed E-state index contributed by atoms with van der Waals surface area (Å²) in [5.74, 6) is 0.306. The summed E-state index contributed by atoms with van der Waals surface area (Å²) in [7, 11) is -1.69. The van der Waals surface area contributed by atoms with E-state index < -0.39 is 10.0 Å². The number of aryl methyl sites for hydroxylation is 2. The number of nitrogens with one attached hydrogen (secondary N) is 1. The lowest BCUT2D eigenvalue weighted by Crippen LogP contribution is -2.24. The van der Waals surface area contributed by atoms with Gasteiger partial charge in [0.05, 0.1) is 6.26 Å². The van der Waals surface area contributed by atoms with E-state index in [0.717, 1.165) is 16.8 Å². The standard InChI is InChI=1S/C19H24N2O4S/c1-14-5-8-17(11-15(14)2)20-19(22)13-25-18-9-6-16(7-10-18)12-21(3)26(4,23)24/h5-11H,12-13H2,1-4H3,(H,20,22). The lowest BCUT2D eigenvalue weighted by Gasteiger charge is -2.14. The molecule has 1 amide bonds. The topological polar surface area (TPSA) is 75.7 Å². The van der Waals surface area contributed by atoms with E-state index in [-0.39, 0.29) is 19.1 Å². The first-order chi connectivity index (χ1) is 12.1. The van der Waals surface area contributed by atoms with E-state index in [1.54, 1.807) is 24.3 Å².